The van der Waals surface area contributed by atoms with E-state index < -0.39 is 5.97 Å². The third-order valence-corrected chi connectivity index (χ3v) is 3.77. The third-order valence-electron chi connectivity index (χ3n) is 3.77. The Morgan fingerprint density at radius 1 is 1.00 bits per heavy atom. The summed E-state index contributed by atoms with van der Waals surface area (Å²) in [5.74, 6) is -0.207. The van der Waals surface area contributed by atoms with Crippen LogP contribution in [0.25, 0.3) is 10.9 Å². The lowest BCUT2D eigenvalue weighted by Crippen LogP contribution is -2.11. The number of amides is 1. The van der Waals surface area contributed by atoms with Gasteiger partial charge in [0.05, 0.1) is 16.8 Å². The van der Waals surface area contributed by atoms with Crippen LogP contribution in [-0.2, 0) is 4.79 Å². The molecule has 0 bridgehead atoms. The number of pyridine rings is 1. The molecule has 3 rings (SSSR count). The highest BCUT2D eigenvalue weighted by Crippen LogP contribution is 2.21. The van der Waals surface area contributed by atoms with Crippen LogP contribution in [-0.4, -0.2) is 16.9 Å². The zero-order valence-electron chi connectivity index (χ0n) is 14.3. The third kappa shape index (κ3) is 3.83. The fourth-order valence-electron chi connectivity index (χ4n) is 2.57. The molecule has 0 radical (unpaired) electrons. The molecule has 1 aromatic heterocycles. The lowest BCUT2D eigenvalue weighted by atomic mass is 10.1. The first kappa shape index (κ1) is 16.6. The van der Waals surface area contributed by atoms with Gasteiger partial charge in [-0.25, -0.2) is 4.79 Å². The number of aromatic nitrogens is 1. The monoisotopic (exact) mass is 334 g/mol. The Morgan fingerprint density at radius 3 is 2.40 bits per heavy atom. The van der Waals surface area contributed by atoms with E-state index in [0.717, 1.165) is 16.5 Å². The van der Waals surface area contributed by atoms with Crippen LogP contribution in [0.3, 0.4) is 0 Å². The summed E-state index contributed by atoms with van der Waals surface area (Å²) in [6.07, 6.45) is 0. The topological polar surface area (TPSA) is 68.3 Å². The number of benzene rings is 2. The highest BCUT2D eigenvalue weighted by Gasteiger charge is 2.14. The Bertz CT molecular complexity index is 963. The quantitative estimate of drug-likeness (QED) is 0.580. The zero-order chi connectivity index (χ0) is 18.0. The van der Waals surface area contributed by atoms with E-state index in [-0.39, 0.29) is 5.91 Å². The number of nitrogens with zero attached hydrogens (tertiary/aromatic N) is 1. The molecular formula is C20H18N2O3. The number of carbonyl (C=O) groups excluding carboxylic acids is 2. The Labute approximate surface area is 145 Å². The summed E-state index contributed by atoms with van der Waals surface area (Å²) in [4.78, 5) is 28.0. The molecule has 0 aliphatic rings. The summed E-state index contributed by atoms with van der Waals surface area (Å²) in [6.45, 7) is 5.22. The molecule has 0 saturated carbocycles. The van der Waals surface area contributed by atoms with Gasteiger partial charge in [0.2, 0.25) is 5.91 Å². The number of nitrogens with one attached hydrogen (secondary N) is 1. The molecule has 0 atom stereocenters. The smallest absolute Gasteiger partial charge is 0.345 e. The van der Waals surface area contributed by atoms with Gasteiger partial charge < -0.3 is 10.1 Å². The normalized spacial score (nSPS) is 10.5. The summed E-state index contributed by atoms with van der Waals surface area (Å²) in [6, 6.07) is 14.3. The molecule has 0 fully saturated rings. The average molecular weight is 334 g/mol. The first-order valence-corrected chi connectivity index (χ1v) is 7.90. The summed E-state index contributed by atoms with van der Waals surface area (Å²) in [5, 5.41) is 3.56. The molecule has 2 aromatic carbocycles. The van der Waals surface area contributed by atoms with Gasteiger partial charge in [0, 0.05) is 18.0 Å². The van der Waals surface area contributed by atoms with E-state index in [4.69, 9.17) is 4.74 Å². The maximum absolute atomic E-state index is 12.5. The number of hydrogen-bond acceptors (Lipinski definition) is 4. The number of aryl methyl sites for hydroxylation is 2. The highest BCUT2D eigenvalue weighted by molar-refractivity contribution is 5.96. The van der Waals surface area contributed by atoms with Crippen LogP contribution >= 0.6 is 0 Å². The molecule has 3 aromatic rings. The molecule has 1 N–H and O–H groups in total. The van der Waals surface area contributed by atoms with Gasteiger partial charge in [-0.1, -0.05) is 11.6 Å². The summed E-state index contributed by atoms with van der Waals surface area (Å²) in [5.41, 5.74) is 3.65. The van der Waals surface area contributed by atoms with Gasteiger partial charge in [-0.2, -0.15) is 0 Å². The summed E-state index contributed by atoms with van der Waals surface area (Å²) < 4.78 is 5.43. The van der Waals surface area contributed by atoms with Gasteiger partial charge in [0.15, 0.2) is 0 Å². The van der Waals surface area contributed by atoms with Crippen LogP contribution < -0.4 is 10.1 Å². The fourth-order valence-corrected chi connectivity index (χ4v) is 2.57. The number of carbonyl (C=O) groups is 2. The van der Waals surface area contributed by atoms with Crippen LogP contribution in [0.4, 0.5) is 5.69 Å². The molecule has 0 saturated heterocycles. The van der Waals surface area contributed by atoms with Crippen molar-refractivity contribution in [3.63, 3.8) is 0 Å². The molecule has 1 amide bonds. The predicted molar refractivity (Wildman–Crippen MR) is 96.9 cm³/mol. The van der Waals surface area contributed by atoms with Crippen LogP contribution in [0.1, 0.15) is 28.5 Å². The maximum Gasteiger partial charge on any atom is 0.345 e. The average Bonchev–Trinajstić information content (AvgIpc) is 2.56. The van der Waals surface area contributed by atoms with E-state index in [1.165, 1.54) is 6.92 Å². The number of esters is 1. The van der Waals surface area contributed by atoms with Crippen molar-refractivity contribution in [1.82, 2.24) is 4.98 Å². The number of fused-ring (bicyclic) bond motifs is 1. The first-order chi connectivity index (χ1) is 11.9. The van der Waals surface area contributed by atoms with Crippen LogP contribution in [0.2, 0.25) is 0 Å². The number of anilines is 1. The Hall–Kier alpha value is -3.21. The SMILES string of the molecule is CC(=O)Nc1ccc(OC(=O)c2cc3cc(C)ccc3nc2C)cc1. The molecule has 0 aliphatic carbocycles. The van der Waals surface area contributed by atoms with Crippen LogP contribution in [0.15, 0.2) is 48.5 Å². The van der Waals surface area contributed by atoms with Crippen molar-refractivity contribution in [2.75, 3.05) is 5.32 Å². The Balaban J connectivity index is 1.84. The van der Waals surface area contributed by atoms with Crippen LogP contribution in [0, 0.1) is 13.8 Å². The minimum absolute atomic E-state index is 0.155. The number of hydrogen-bond donors (Lipinski definition) is 1. The molecule has 5 nitrogen and oxygen atoms in total. The van der Waals surface area contributed by atoms with Gasteiger partial charge in [-0.3, -0.25) is 9.78 Å². The lowest BCUT2D eigenvalue weighted by molar-refractivity contribution is -0.114. The van der Waals surface area contributed by atoms with Gasteiger partial charge in [-0.05, 0) is 56.3 Å². The molecule has 5 heteroatoms. The molecule has 0 unspecified atom stereocenters. The standard InChI is InChI=1S/C20H18N2O3/c1-12-4-9-19-15(10-12)11-18(13(2)21-19)20(24)25-17-7-5-16(6-8-17)22-14(3)23/h4-11H,1-3H3,(H,22,23). The zero-order valence-corrected chi connectivity index (χ0v) is 14.3. The largest absolute Gasteiger partial charge is 0.423 e. The molecule has 126 valence electrons. The van der Waals surface area contributed by atoms with Gasteiger partial charge in [0.1, 0.15) is 5.75 Å². The maximum atomic E-state index is 12.5. The summed E-state index contributed by atoms with van der Waals surface area (Å²) in [7, 11) is 0. The molecule has 0 spiro atoms. The van der Waals surface area contributed by atoms with Crippen molar-refractivity contribution < 1.29 is 14.3 Å². The second-order valence-electron chi connectivity index (χ2n) is 5.91. The van der Waals surface area contributed by atoms with E-state index >= 15 is 0 Å². The second-order valence-corrected chi connectivity index (χ2v) is 5.91. The van der Waals surface area contributed by atoms with E-state index in [0.29, 0.717) is 22.7 Å². The molecule has 25 heavy (non-hydrogen) atoms. The Kier molecular flexibility index (Phi) is 4.48. The number of rotatable bonds is 3. The van der Waals surface area contributed by atoms with Crippen molar-refractivity contribution in [3.8, 4) is 5.75 Å². The minimum Gasteiger partial charge on any atom is -0.423 e. The van der Waals surface area contributed by atoms with Crippen molar-refractivity contribution >= 4 is 28.5 Å². The van der Waals surface area contributed by atoms with E-state index in [9.17, 15) is 9.59 Å². The minimum atomic E-state index is -0.458. The number of ether oxygens (including phenoxy) is 1. The van der Waals surface area contributed by atoms with Crippen molar-refractivity contribution in [2.45, 2.75) is 20.8 Å². The summed E-state index contributed by atoms with van der Waals surface area (Å²) >= 11 is 0. The molecular weight excluding hydrogens is 316 g/mol. The predicted octanol–water partition coefficient (Wildman–Crippen LogP) is 4.03. The van der Waals surface area contributed by atoms with Gasteiger partial charge >= 0.3 is 5.97 Å². The van der Waals surface area contributed by atoms with Crippen molar-refractivity contribution in [3.05, 3.63) is 65.4 Å². The molecule has 1 heterocycles. The van der Waals surface area contributed by atoms with E-state index in [1.54, 1.807) is 37.3 Å². The van der Waals surface area contributed by atoms with E-state index in [2.05, 4.69) is 10.3 Å². The highest BCUT2D eigenvalue weighted by atomic mass is 16.5. The lowest BCUT2D eigenvalue weighted by Gasteiger charge is -2.09. The van der Waals surface area contributed by atoms with E-state index in [1.807, 2.05) is 25.1 Å². The Morgan fingerprint density at radius 2 is 1.72 bits per heavy atom. The van der Waals surface area contributed by atoms with Gasteiger partial charge in [0.25, 0.3) is 0 Å². The van der Waals surface area contributed by atoms with Crippen LogP contribution in [0.5, 0.6) is 5.75 Å². The van der Waals surface area contributed by atoms with Gasteiger partial charge in [-0.15, -0.1) is 0 Å². The van der Waals surface area contributed by atoms with Crippen molar-refractivity contribution in [2.24, 2.45) is 0 Å². The van der Waals surface area contributed by atoms with Crippen molar-refractivity contribution in [1.29, 1.82) is 0 Å². The second kappa shape index (κ2) is 6.73. The molecule has 0 aliphatic heterocycles. The first-order valence-electron chi connectivity index (χ1n) is 7.90. The fraction of sp³-hybridized carbons (Fsp3) is 0.150.